The molecule has 0 radical (unpaired) electrons. The number of aryl methyl sites for hydroxylation is 2. The molecule has 0 aliphatic carbocycles. The zero-order valence-corrected chi connectivity index (χ0v) is 12.7. The lowest BCUT2D eigenvalue weighted by atomic mass is 10.1. The van der Waals surface area contributed by atoms with Crippen LogP contribution in [0.5, 0.6) is 0 Å². The zero-order chi connectivity index (χ0) is 15.8. The topological polar surface area (TPSA) is 92.5 Å². The summed E-state index contributed by atoms with van der Waals surface area (Å²) in [7, 11) is -3.91. The van der Waals surface area contributed by atoms with Gasteiger partial charge in [0, 0.05) is 19.6 Å². The van der Waals surface area contributed by atoms with Gasteiger partial charge in [-0.25, -0.2) is 12.8 Å². The SMILES string of the molecule is Cc1cc(F)cc(C)c1S(=O)(=O)N1CCNCC1C(N)=O. The van der Waals surface area contributed by atoms with Crippen LogP contribution < -0.4 is 11.1 Å². The lowest BCUT2D eigenvalue weighted by Gasteiger charge is -2.33. The molecule has 0 bridgehead atoms. The van der Waals surface area contributed by atoms with Crippen molar-refractivity contribution in [1.82, 2.24) is 9.62 Å². The first-order valence-electron chi connectivity index (χ1n) is 6.53. The third-order valence-corrected chi connectivity index (χ3v) is 5.73. The fraction of sp³-hybridized carbons (Fsp3) is 0.462. The van der Waals surface area contributed by atoms with Crippen LogP contribution in [0.4, 0.5) is 4.39 Å². The van der Waals surface area contributed by atoms with Crippen molar-refractivity contribution in [2.45, 2.75) is 24.8 Å². The standard InChI is InChI=1S/C13H18FN3O3S/c1-8-5-10(14)6-9(2)12(8)21(19,20)17-4-3-16-7-11(17)13(15)18/h5-6,11,16H,3-4,7H2,1-2H3,(H2,15,18). The number of nitrogens with one attached hydrogen (secondary N) is 1. The second kappa shape index (κ2) is 5.70. The molecule has 0 spiro atoms. The van der Waals surface area contributed by atoms with E-state index in [0.717, 1.165) is 4.31 Å². The van der Waals surface area contributed by atoms with E-state index in [2.05, 4.69) is 5.32 Å². The van der Waals surface area contributed by atoms with E-state index in [4.69, 9.17) is 5.73 Å². The van der Waals surface area contributed by atoms with Crippen LogP contribution in [0, 0.1) is 19.7 Å². The molecule has 1 saturated heterocycles. The Labute approximate surface area is 123 Å². The van der Waals surface area contributed by atoms with Gasteiger partial charge in [0.25, 0.3) is 0 Å². The van der Waals surface area contributed by atoms with E-state index in [-0.39, 0.29) is 18.0 Å². The van der Waals surface area contributed by atoms with Gasteiger partial charge in [0.15, 0.2) is 0 Å². The van der Waals surface area contributed by atoms with Gasteiger partial charge in [0.2, 0.25) is 15.9 Å². The summed E-state index contributed by atoms with van der Waals surface area (Å²) in [6, 6.07) is 1.40. The minimum absolute atomic E-state index is 0.0389. The molecule has 1 aromatic carbocycles. The van der Waals surface area contributed by atoms with Gasteiger partial charge in [-0.1, -0.05) is 0 Å². The Morgan fingerprint density at radius 1 is 1.38 bits per heavy atom. The van der Waals surface area contributed by atoms with Crippen molar-refractivity contribution in [3.63, 3.8) is 0 Å². The minimum atomic E-state index is -3.91. The maximum absolute atomic E-state index is 13.4. The molecule has 6 nitrogen and oxygen atoms in total. The zero-order valence-electron chi connectivity index (χ0n) is 11.9. The Morgan fingerprint density at radius 2 is 1.95 bits per heavy atom. The van der Waals surface area contributed by atoms with Gasteiger partial charge in [0.05, 0.1) is 4.90 Å². The van der Waals surface area contributed by atoms with Crippen molar-refractivity contribution in [2.75, 3.05) is 19.6 Å². The Balaban J connectivity index is 2.53. The third-order valence-electron chi connectivity index (χ3n) is 3.51. The van der Waals surface area contributed by atoms with Crippen LogP contribution in [0.2, 0.25) is 0 Å². The first kappa shape index (κ1) is 15.9. The fourth-order valence-electron chi connectivity index (χ4n) is 2.64. The molecular formula is C13H18FN3O3S. The second-order valence-electron chi connectivity index (χ2n) is 5.11. The molecule has 0 aromatic heterocycles. The molecule has 8 heteroatoms. The van der Waals surface area contributed by atoms with Gasteiger partial charge in [-0.2, -0.15) is 4.31 Å². The van der Waals surface area contributed by atoms with Crippen molar-refractivity contribution >= 4 is 15.9 Å². The molecule has 2 rings (SSSR count). The van der Waals surface area contributed by atoms with Crippen molar-refractivity contribution < 1.29 is 17.6 Å². The van der Waals surface area contributed by atoms with E-state index in [1.165, 1.54) is 26.0 Å². The number of amides is 1. The van der Waals surface area contributed by atoms with Crippen LogP contribution in [0.3, 0.4) is 0 Å². The predicted molar refractivity (Wildman–Crippen MR) is 75.6 cm³/mol. The Bertz CT molecular complexity index is 652. The van der Waals surface area contributed by atoms with Gasteiger partial charge in [0.1, 0.15) is 11.9 Å². The van der Waals surface area contributed by atoms with E-state index in [0.29, 0.717) is 17.7 Å². The number of hydrogen-bond acceptors (Lipinski definition) is 4. The van der Waals surface area contributed by atoms with Crippen LogP contribution in [0.15, 0.2) is 17.0 Å². The van der Waals surface area contributed by atoms with E-state index in [9.17, 15) is 17.6 Å². The van der Waals surface area contributed by atoms with Crippen LogP contribution in [0.1, 0.15) is 11.1 Å². The number of hydrogen-bond donors (Lipinski definition) is 2. The van der Waals surface area contributed by atoms with Gasteiger partial charge in [-0.05, 0) is 37.1 Å². The summed E-state index contributed by atoms with van der Waals surface area (Å²) < 4.78 is 40.1. The largest absolute Gasteiger partial charge is 0.368 e. The quantitative estimate of drug-likeness (QED) is 0.814. The normalized spacial score (nSPS) is 20.4. The first-order valence-corrected chi connectivity index (χ1v) is 7.98. The smallest absolute Gasteiger partial charge is 0.244 e. The minimum Gasteiger partial charge on any atom is -0.368 e. The van der Waals surface area contributed by atoms with Gasteiger partial charge >= 0.3 is 0 Å². The summed E-state index contributed by atoms with van der Waals surface area (Å²) in [4.78, 5) is 11.5. The molecule has 1 aromatic rings. The number of piperazine rings is 1. The highest BCUT2D eigenvalue weighted by Gasteiger charge is 2.38. The summed E-state index contributed by atoms with van der Waals surface area (Å²) in [5, 5.41) is 2.94. The van der Waals surface area contributed by atoms with Crippen molar-refractivity contribution in [2.24, 2.45) is 5.73 Å². The van der Waals surface area contributed by atoms with Crippen LogP contribution in [-0.2, 0) is 14.8 Å². The molecular weight excluding hydrogens is 297 g/mol. The monoisotopic (exact) mass is 315 g/mol. The van der Waals surface area contributed by atoms with Crippen LogP contribution in [-0.4, -0.2) is 44.3 Å². The Hall–Kier alpha value is -1.51. The van der Waals surface area contributed by atoms with Crippen molar-refractivity contribution in [3.05, 3.63) is 29.1 Å². The average Bonchev–Trinajstić information content (AvgIpc) is 2.37. The van der Waals surface area contributed by atoms with E-state index < -0.39 is 27.8 Å². The number of nitrogens with zero attached hydrogens (tertiary/aromatic N) is 1. The van der Waals surface area contributed by atoms with Crippen LogP contribution in [0.25, 0.3) is 0 Å². The maximum Gasteiger partial charge on any atom is 0.244 e. The molecule has 3 N–H and O–H groups in total. The third kappa shape index (κ3) is 2.92. The number of primary amides is 1. The predicted octanol–water partition coefficient (Wildman–Crippen LogP) is -0.110. The van der Waals surface area contributed by atoms with Crippen molar-refractivity contribution in [1.29, 1.82) is 0 Å². The lowest BCUT2D eigenvalue weighted by Crippen LogP contribution is -2.58. The summed E-state index contributed by atoms with van der Waals surface area (Å²) in [5.41, 5.74) is 5.92. The van der Waals surface area contributed by atoms with E-state index in [1.54, 1.807) is 0 Å². The lowest BCUT2D eigenvalue weighted by molar-refractivity contribution is -0.122. The summed E-state index contributed by atoms with van der Waals surface area (Å²) >= 11 is 0. The highest BCUT2D eigenvalue weighted by molar-refractivity contribution is 7.89. The Morgan fingerprint density at radius 3 is 2.48 bits per heavy atom. The maximum atomic E-state index is 13.4. The molecule has 1 amide bonds. The molecule has 1 heterocycles. The highest BCUT2D eigenvalue weighted by Crippen LogP contribution is 2.26. The number of sulfonamides is 1. The molecule has 116 valence electrons. The number of halogens is 1. The van der Waals surface area contributed by atoms with Gasteiger partial charge in [-0.3, -0.25) is 4.79 Å². The summed E-state index contributed by atoms with van der Waals surface area (Å²) in [5.74, 6) is -1.20. The van der Waals surface area contributed by atoms with Gasteiger partial charge < -0.3 is 11.1 Å². The molecule has 1 aliphatic heterocycles. The molecule has 1 unspecified atom stereocenters. The van der Waals surface area contributed by atoms with Crippen molar-refractivity contribution in [3.8, 4) is 0 Å². The second-order valence-corrected chi connectivity index (χ2v) is 6.93. The first-order chi connectivity index (χ1) is 9.75. The number of rotatable bonds is 3. The fourth-order valence-corrected chi connectivity index (χ4v) is 4.65. The molecule has 21 heavy (non-hydrogen) atoms. The highest BCUT2D eigenvalue weighted by atomic mass is 32.2. The number of benzene rings is 1. The van der Waals surface area contributed by atoms with Gasteiger partial charge in [-0.15, -0.1) is 0 Å². The van der Waals surface area contributed by atoms with Crippen LogP contribution >= 0.6 is 0 Å². The average molecular weight is 315 g/mol. The molecule has 1 atom stereocenters. The summed E-state index contributed by atoms with van der Waals surface area (Å²) in [6.07, 6.45) is 0. The Kier molecular flexibility index (Phi) is 4.31. The molecule has 1 fully saturated rings. The van der Waals surface area contributed by atoms with E-state index >= 15 is 0 Å². The summed E-state index contributed by atoms with van der Waals surface area (Å²) in [6.45, 7) is 3.82. The van der Waals surface area contributed by atoms with E-state index in [1.807, 2.05) is 0 Å². The molecule has 1 aliphatic rings. The molecule has 0 saturated carbocycles. The number of carbonyl (C=O) groups excluding carboxylic acids is 1. The number of nitrogens with two attached hydrogens (primary N) is 1. The number of carbonyl (C=O) groups is 1.